The SMILES string of the molecule is COc1nn(C)cc1C(=O)NS1(=O)=NC(=O)c2ccc3c(c2)N(C[C@@H]2CC[C@H]2[C@@H](O)/C=C/C(S(=O)(=O)c2ccc(C)cc2)[C@H](C)C1)C[C@@]1(CCCc2cc(Cl)ccc21)CO3. The Morgan fingerprint density at radius 3 is 2.62 bits per heavy atom. The monoisotopic (exact) mass is 875 g/mol. The number of aryl methyl sites for hydroxylation is 3. The van der Waals surface area contributed by atoms with E-state index in [0.29, 0.717) is 36.2 Å². The van der Waals surface area contributed by atoms with Gasteiger partial charge in [0.1, 0.15) is 21.2 Å². The Morgan fingerprint density at radius 2 is 1.88 bits per heavy atom. The van der Waals surface area contributed by atoms with Crippen molar-refractivity contribution >= 4 is 48.9 Å². The topological polar surface area (TPSA) is 169 Å². The number of aliphatic hydroxyl groups excluding tert-OH is 1. The summed E-state index contributed by atoms with van der Waals surface area (Å²) in [7, 11) is -5.30. The van der Waals surface area contributed by atoms with Crippen molar-refractivity contribution in [3.05, 3.63) is 112 Å². The van der Waals surface area contributed by atoms with Crippen molar-refractivity contribution in [1.82, 2.24) is 14.5 Å². The molecule has 3 aromatic carbocycles. The average Bonchev–Trinajstić information content (AvgIpc) is 3.51. The standard InChI is InChI=1S/C44H50ClN5O8S2/c1-27-7-12-33(13-8-27)60(55,56)40-18-16-38(51)34-14-9-31(34)22-50-25-44(19-5-6-29-20-32(45)11-15-36(29)44)26-58-39-17-10-30(21-37(39)50)41(52)47-59(54,24-28(40)2)48-42(53)35-23-49(3)46-43(35)57-4/h7-8,10-13,15-18,20-21,23,28,31,34,38,40,51H,5-6,9,14,19,22,24-26H2,1-4H3,(H,47,48,52,53,54)/b18-16+/t28-,31+,34-,38+,40?,44+,59?/m1/s1. The van der Waals surface area contributed by atoms with Crippen LogP contribution < -0.4 is 19.1 Å². The van der Waals surface area contributed by atoms with Crippen molar-refractivity contribution in [2.75, 3.05) is 37.5 Å². The van der Waals surface area contributed by atoms with E-state index in [0.717, 1.165) is 37.7 Å². The zero-order valence-electron chi connectivity index (χ0n) is 34.0. The molecular formula is C44H50ClN5O8S2. The molecule has 2 aliphatic carbocycles. The number of sulfone groups is 1. The Balaban J connectivity index is 1.25. The molecule has 2 N–H and O–H groups in total. The Kier molecular flexibility index (Phi) is 11.4. The molecular weight excluding hydrogens is 826 g/mol. The van der Waals surface area contributed by atoms with Gasteiger partial charge in [0.15, 0.2) is 9.84 Å². The normalized spacial score (nSPS) is 28.5. The number of methoxy groups -OCH3 is 1. The van der Waals surface area contributed by atoms with Crippen LogP contribution in [0.1, 0.15) is 70.0 Å². The summed E-state index contributed by atoms with van der Waals surface area (Å²) in [6.45, 7) is 4.93. The van der Waals surface area contributed by atoms with Crippen molar-refractivity contribution in [3.63, 3.8) is 0 Å². The van der Waals surface area contributed by atoms with Crippen LogP contribution in [0.3, 0.4) is 0 Å². The molecule has 1 fully saturated rings. The number of hydrogen-bond donors (Lipinski definition) is 2. The van der Waals surface area contributed by atoms with Gasteiger partial charge in [0, 0.05) is 42.3 Å². The van der Waals surface area contributed by atoms with E-state index in [9.17, 15) is 23.1 Å². The lowest BCUT2D eigenvalue weighted by molar-refractivity contribution is 0.0456. The number of benzene rings is 3. The maximum Gasteiger partial charge on any atom is 0.286 e. The van der Waals surface area contributed by atoms with Crippen LogP contribution in [0.5, 0.6) is 11.6 Å². The first-order valence-corrected chi connectivity index (χ1v) is 23.9. The summed E-state index contributed by atoms with van der Waals surface area (Å²) < 4.78 is 64.1. The van der Waals surface area contributed by atoms with Crippen LogP contribution in [0.4, 0.5) is 5.69 Å². The molecule has 8 rings (SSSR count). The van der Waals surface area contributed by atoms with Crippen molar-refractivity contribution in [1.29, 1.82) is 0 Å². The van der Waals surface area contributed by atoms with Gasteiger partial charge < -0.3 is 19.5 Å². The fourth-order valence-electron chi connectivity index (χ4n) is 9.37. The van der Waals surface area contributed by atoms with Crippen molar-refractivity contribution < 1.29 is 36.8 Å². The summed E-state index contributed by atoms with van der Waals surface area (Å²) in [4.78, 5) is 30.5. The van der Waals surface area contributed by atoms with E-state index in [-0.39, 0.29) is 33.7 Å². The van der Waals surface area contributed by atoms with Crippen LogP contribution in [0.25, 0.3) is 0 Å². The minimum absolute atomic E-state index is 0.0380. The minimum Gasteiger partial charge on any atom is -0.490 e. The molecule has 2 amide bonds. The number of halogens is 1. The molecule has 2 unspecified atom stereocenters. The zero-order chi connectivity index (χ0) is 42.6. The van der Waals surface area contributed by atoms with Crippen molar-refractivity contribution in [3.8, 4) is 11.6 Å². The summed E-state index contributed by atoms with van der Waals surface area (Å²) in [6, 6.07) is 17.4. The summed E-state index contributed by atoms with van der Waals surface area (Å²) in [5, 5.41) is 15.3. The second kappa shape index (κ2) is 16.3. The molecule has 318 valence electrons. The van der Waals surface area contributed by atoms with E-state index in [2.05, 4.69) is 25.1 Å². The zero-order valence-corrected chi connectivity index (χ0v) is 36.4. The quantitative estimate of drug-likeness (QED) is 0.219. The molecule has 0 radical (unpaired) electrons. The molecule has 2 aliphatic heterocycles. The van der Waals surface area contributed by atoms with Crippen molar-refractivity contribution in [2.24, 2.45) is 29.2 Å². The van der Waals surface area contributed by atoms with E-state index < -0.39 is 60.0 Å². The van der Waals surface area contributed by atoms with Crippen LogP contribution in [0.15, 0.2) is 88.3 Å². The van der Waals surface area contributed by atoms with Crippen LogP contribution in [0.2, 0.25) is 5.02 Å². The van der Waals surface area contributed by atoms with E-state index >= 15 is 4.21 Å². The van der Waals surface area contributed by atoms with Crippen LogP contribution >= 0.6 is 11.6 Å². The second-order valence-electron chi connectivity index (χ2n) is 16.8. The molecule has 60 heavy (non-hydrogen) atoms. The Hall–Kier alpha value is -4.70. The summed E-state index contributed by atoms with van der Waals surface area (Å²) >= 11 is 6.47. The number of carbonyl (C=O) groups excluding carboxylic acids is 2. The van der Waals surface area contributed by atoms with Gasteiger partial charge in [-0.25, -0.2) is 12.6 Å². The molecule has 7 atom stereocenters. The highest BCUT2D eigenvalue weighted by Crippen LogP contribution is 2.47. The summed E-state index contributed by atoms with van der Waals surface area (Å²) in [5.74, 6) is -2.83. The highest BCUT2D eigenvalue weighted by Gasteiger charge is 2.45. The van der Waals surface area contributed by atoms with Crippen LogP contribution in [0, 0.1) is 24.7 Å². The van der Waals surface area contributed by atoms with Gasteiger partial charge in [0.2, 0.25) is 5.88 Å². The summed E-state index contributed by atoms with van der Waals surface area (Å²) in [6.07, 6.45) is 7.70. The maximum atomic E-state index is 15.1. The van der Waals surface area contributed by atoms with Crippen molar-refractivity contribution in [2.45, 2.75) is 67.6 Å². The first kappa shape index (κ1) is 42.0. The maximum absolute atomic E-state index is 15.1. The smallest absolute Gasteiger partial charge is 0.286 e. The molecule has 13 nitrogen and oxygen atoms in total. The number of fused-ring (bicyclic) bond motifs is 4. The Labute approximate surface area is 356 Å². The number of anilines is 1. The van der Waals surface area contributed by atoms with Gasteiger partial charge in [-0.3, -0.25) is 19.0 Å². The van der Waals surface area contributed by atoms with Gasteiger partial charge in [-0.2, -0.15) is 0 Å². The lowest BCUT2D eigenvalue weighted by Crippen LogP contribution is -2.49. The third kappa shape index (κ3) is 8.08. The third-order valence-corrected chi connectivity index (χ3v) is 17.1. The second-order valence-corrected chi connectivity index (χ2v) is 21.4. The van der Waals surface area contributed by atoms with Gasteiger partial charge in [0.05, 0.1) is 41.4 Å². The van der Waals surface area contributed by atoms with Gasteiger partial charge in [-0.05, 0) is 110 Å². The number of amides is 2. The van der Waals surface area contributed by atoms with Gasteiger partial charge in [0.25, 0.3) is 11.8 Å². The van der Waals surface area contributed by atoms with Gasteiger partial charge in [-0.1, -0.05) is 54.4 Å². The highest BCUT2D eigenvalue weighted by molar-refractivity contribution is 7.93. The molecule has 4 aromatic rings. The number of carbonyl (C=O) groups is 2. The van der Waals surface area contributed by atoms with Gasteiger partial charge in [-0.15, -0.1) is 9.46 Å². The molecule has 0 saturated heterocycles. The molecule has 16 heteroatoms. The number of aromatic nitrogens is 2. The van der Waals surface area contributed by atoms with Crippen LogP contribution in [-0.2, 0) is 38.6 Å². The molecule has 1 aromatic heterocycles. The minimum atomic E-state index is -4.16. The fourth-order valence-corrected chi connectivity index (χ4v) is 13.4. The third-order valence-electron chi connectivity index (χ3n) is 12.6. The highest BCUT2D eigenvalue weighted by atomic mass is 35.5. The molecule has 2 bridgehead atoms. The predicted molar refractivity (Wildman–Crippen MR) is 230 cm³/mol. The van der Waals surface area contributed by atoms with E-state index in [4.69, 9.17) is 21.1 Å². The van der Waals surface area contributed by atoms with E-state index in [1.807, 2.05) is 19.1 Å². The first-order chi connectivity index (χ1) is 28.6. The van der Waals surface area contributed by atoms with E-state index in [1.165, 1.54) is 47.3 Å². The molecule has 1 saturated carbocycles. The Morgan fingerprint density at radius 1 is 1.10 bits per heavy atom. The Bertz CT molecular complexity index is 2600. The number of aliphatic hydroxyl groups is 1. The summed E-state index contributed by atoms with van der Waals surface area (Å²) in [5.41, 5.74) is 3.56. The predicted octanol–water partition coefficient (Wildman–Crippen LogP) is 6.25. The van der Waals surface area contributed by atoms with E-state index in [1.54, 1.807) is 50.4 Å². The number of nitrogens with one attached hydrogen (secondary N) is 1. The largest absolute Gasteiger partial charge is 0.490 e. The van der Waals surface area contributed by atoms with Gasteiger partial charge >= 0.3 is 0 Å². The molecule has 3 heterocycles. The lowest BCUT2D eigenvalue weighted by Gasteiger charge is -2.45. The van der Waals surface area contributed by atoms with Crippen LogP contribution in [-0.4, -0.2) is 83.2 Å². The first-order valence-electron chi connectivity index (χ1n) is 20.2. The number of ether oxygens (including phenoxy) is 2. The average molecular weight is 876 g/mol. The molecule has 4 aliphatic rings. The lowest BCUT2D eigenvalue weighted by atomic mass is 9.68. The number of hydrogen-bond acceptors (Lipinski definition) is 10. The molecule has 1 spiro atoms. The number of rotatable bonds is 5. The number of nitrogens with zero attached hydrogens (tertiary/aromatic N) is 4. The fraction of sp³-hybridized carbons (Fsp3) is 0.432.